The zero-order valence-electron chi connectivity index (χ0n) is 13.5. The van der Waals surface area contributed by atoms with Gasteiger partial charge in [0.15, 0.2) is 0 Å². The fraction of sp³-hybridized carbons (Fsp3) is 0.529. The number of nitrogens with zero attached hydrogens (tertiary/aromatic N) is 1. The molecule has 1 amide bonds. The zero-order chi connectivity index (χ0) is 15.8. The van der Waals surface area contributed by atoms with Crippen molar-refractivity contribution in [3.8, 4) is 0 Å². The summed E-state index contributed by atoms with van der Waals surface area (Å²) in [4.78, 5) is 25.7. The van der Waals surface area contributed by atoms with Crippen molar-refractivity contribution >= 4 is 24.3 Å². The average molecular weight is 341 g/mol. The van der Waals surface area contributed by atoms with Crippen molar-refractivity contribution in [2.75, 3.05) is 26.2 Å². The molecule has 1 aromatic carbocycles. The Labute approximate surface area is 143 Å². The first-order valence-electron chi connectivity index (χ1n) is 7.92. The second-order valence-electron chi connectivity index (χ2n) is 5.43. The van der Waals surface area contributed by atoms with E-state index in [1.165, 1.54) is 5.56 Å². The molecular formula is C17H25ClN2O3. The minimum atomic E-state index is -0.440. The number of carbonyl (C=O) groups is 2. The first-order chi connectivity index (χ1) is 10.7. The van der Waals surface area contributed by atoms with Gasteiger partial charge in [0, 0.05) is 19.6 Å². The topological polar surface area (TPSA) is 58.6 Å². The van der Waals surface area contributed by atoms with Crippen LogP contribution in [-0.4, -0.2) is 49.1 Å². The van der Waals surface area contributed by atoms with E-state index in [0.29, 0.717) is 13.2 Å². The van der Waals surface area contributed by atoms with Crippen LogP contribution in [0, 0.1) is 0 Å². The van der Waals surface area contributed by atoms with Crippen LogP contribution in [0.5, 0.6) is 0 Å². The minimum absolute atomic E-state index is 0. The highest BCUT2D eigenvalue weighted by molar-refractivity contribution is 5.87. The summed E-state index contributed by atoms with van der Waals surface area (Å²) in [5.41, 5.74) is 1.29. The number of benzene rings is 1. The van der Waals surface area contributed by atoms with Gasteiger partial charge in [-0.25, -0.2) is 0 Å². The smallest absolute Gasteiger partial charge is 0.307 e. The van der Waals surface area contributed by atoms with E-state index in [1.807, 2.05) is 23.1 Å². The second-order valence-corrected chi connectivity index (χ2v) is 5.43. The van der Waals surface area contributed by atoms with E-state index in [1.54, 1.807) is 6.92 Å². The quantitative estimate of drug-likeness (QED) is 0.769. The number of hydrogen-bond donors (Lipinski definition) is 1. The van der Waals surface area contributed by atoms with Crippen LogP contribution >= 0.6 is 12.4 Å². The Kier molecular flexibility index (Phi) is 8.66. The van der Waals surface area contributed by atoms with Crippen LogP contribution in [0.1, 0.15) is 25.3 Å². The van der Waals surface area contributed by atoms with Gasteiger partial charge >= 0.3 is 5.97 Å². The highest BCUT2D eigenvalue weighted by atomic mass is 35.5. The molecule has 0 aliphatic carbocycles. The maximum atomic E-state index is 12.4. The lowest BCUT2D eigenvalue weighted by Crippen LogP contribution is -2.55. The van der Waals surface area contributed by atoms with E-state index < -0.39 is 6.04 Å². The van der Waals surface area contributed by atoms with Crippen molar-refractivity contribution in [2.45, 2.75) is 32.2 Å². The lowest BCUT2D eigenvalue weighted by Gasteiger charge is -2.32. The van der Waals surface area contributed by atoms with Gasteiger partial charge < -0.3 is 15.0 Å². The molecule has 1 aromatic rings. The molecule has 0 aromatic heterocycles. The van der Waals surface area contributed by atoms with Crippen molar-refractivity contribution in [2.24, 2.45) is 0 Å². The molecule has 0 bridgehead atoms. The van der Waals surface area contributed by atoms with Crippen LogP contribution in [0.3, 0.4) is 0 Å². The number of halogens is 1. The van der Waals surface area contributed by atoms with Crippen molar-refractivity contribution in [3.63, 3.8) is 0 Å². The molecular weight excluding hydrogens is 316 g/mol. The van der Waals surface area contributed by atoms with Gasteiger partial charge in [0.25, 0.3) is 0 Å². The third kappa shape index (κ3) is 6.20. The standard InChI is InChI=1S/C17H24N2O3.ClH/c1-2-22-16(20)13-15-17(21)19(12-10-18-15)11-6-9-14-7-4-3-5-8-14;/h3-5,7-8,15,18H,2,6,9-13H2,1H3;1H. The maximum absolute atomic E-state index is 12.4. The van der Waals surface area contributed by atoms with E-state index in [-0.39, 0.29) is 30.7 Å². The van der Waals surface area contributed by atoms with Gasteiger partial charge in [-0.2, -0.15) is 0 Å². The summed E-state index contributed by atoms with van der Waals surface area (Å²) in [6.07, 6.45) is 2.00. The van der Waals surface area contributed by atoms with Gasteiger partial charge in [-0.15, -0.1) is 12.4 Å². The van der Waals surface area contributed by atoms with Crippen molar-refractivity contribution in [1.82, 2.24) is 10.2 Å². The fourth-order valence-electron chi connectivity index (χ4n) is 2.68. The molecule has 23 heavy (non-hydrogen) atoms. The van der Waals surface area contributed by atoms with Gasteiger partial charge in [-0.3, -0.25) is 9.59 Å². The molecule has 1 atom stereocenters. The molecule has 1 fully saturated rings. The zero-order valence-corrected chi connectivity index (χ0v) is 14.3. The molecule has 1 N–H and O–H groups in total. The molecule has 0 spiro atoms. The third-order valence-corrected chi connectivity index (χ3v) is 3.79. The largest absolute Gasteiger partial charge is 0.466 e. The van der Waals surface area contributed by atoms with Crippen molar-refractivity contribution in [3.05, 3.63) is 35.9 Å². The molecule has 1 saturated heterocycles. The molecule has 5 nitrogen and oxygen atoms in total. The van der Waals surface area contributed by atoms with Crippen molar-refractivity contribution in [1.29, 1.82) is 0 Å². The molecule has 1 heterocycles. The van der Waals surface area contributed by atoms with Crippen LogP contribution in [0.25, 0.3) is 0 Å². The van der Waals surface area contributed by atoms with Gasteiger partial charge in [0.1, 0.15) is 0 Å². The van der Waals surface area contributed by atoms with E-state index >= 15 is 0 Å². The molecule has 1 aliphatic heterocycles. The van der Waals surface area contributed by atoms with E-state index in [4.69, 9.17) is 4.74 Å². The normalized spacial score (nSPS) is 17.5. The number of ether oxygens (including phenoxy) is 1. The first-order valence-corrected chi connectivity index (χ1v) is 7.92. The van der Waals surface area contributed by atoms with Crippen molar-refractivity contribution < 1.29 is 14.3 Å². The number of aryl methyl sites for hydroxylation is 1. The summed E-state index contributed by atoms with van der Waals surface area (Å²) in [5, 5.41) is 3.10. The molecule has 0 saturated carbocycles. The fourth-order valence-corrected chi connectivity index (χ4v) is 2.68. The molecule has 6 heteroatoms. The summed E-state index contributed by atoms with van der Waals surface area (Å²) >= 11 is 0. The monoisotopic (exact) mass is 340 g/mol. The van der Waals surface area contributed by atoms with Crippen LogP contribution < -0.4 is 5.32 Å². The van der Waals surface area contributed by atoms with Gasteiger partial charge in [-0.1, -0.05) is 30.3 Å². The summed E-state index contributed by atoms with van der Waals surface area (Å²) in [7, 11) is 0. The number of carbonyl (C=O) groups excluding carboxylic acids is 2. The predicted molar refractivity (Wildman–Crippen MR) is 91.6 cm³/mol. The Bertz CT molecular complexity index is 496. The van der Waals surface area contributed by atoms with Gasteiger partial charge in [-0.05, 0) is 25.3 Å². The molecule has 1 unspecified atom stereocenters. The van der Waals surface area contributed by atoms with Gasteiger partial charge in [0.2, 0.25) is 5.91 Å². The third-order valence-electron chi connectivity index (χ3n) is 3.79. The number of rotatable bonds is 7. The number of hydrogen-bond acceptors (Lipinski definition) is 4. The highest BCUT2D eigenvalue weighted by Gasteiger charge is 2.30. The Morgan fingerprint density at radius 2 is 2.09 bits per heavy atom. The number of esters is 1. The average Bonchev–Trinajstić information content (AvgIpc) is 2.52. The number of amides is 1. The van der Waals surface area contributed by atoms with E-state index in [9.17, 15) is 9.59 Å². The molecule has 1 aliphatic rings. The van der Waals surface area contributed by atoms with E-state index in [2.05, 4.69) is 17.4 Å². The summed E-state index contributed by atoms with van der Waals surface area (Å²) < 4.78 is 4.92. The highest BCUT2D eigenvalue weighted by Crippen LogP contribution is 2.09. The molecule has 2 rings (SSSR count). The summed E-state index contributed by atoms with van der Waals surface area (Å²) in [6, 6.07) is 9.82. The summed E-state index contributed by atoms with van der Waals surface area (Å²) in [6.45, 7) is 4.27. The van der Waals surface area contributed by atoms with Crippen LogP contribution in [0.4, 0.5) is 0 Å². The van der Waals surface area contributed by atoms with Crippen LogP contribution in [0.15, 0.2) is 30.3 Å². The lowest BCUT2D eigenvalue weighted by atomic mass is 10.1. The van der Waals surface area contributed by atoms with Gasteiger partial charge in [0.05, 0.1) is 19.1 Å². The molecule has 128 valence electrons. The Balaban J connectivity index is 0.00000264. The Morgan fingerprint density at radius 1 is 1.35 bits per heavy atom. The molecule has 0 radical (unpaired) electrons. The first kappa shape index (κ1) is 19.5. The lowest BCUT2D eigenvalue weighted by molar-refractivity contribution is -0.148. The predicted octanol–water partition coefficient (Wildman–Crippen LogP) is 1.79. The minimum Gasteiger partial charge on any atom is -0.466 e. The summed E-state index contributed by atoms with van der Waals surface area (Å²) in [5.74, 6) is -0.313. The Morgan fingerprint density at radius 3 is 2.78 bits per heavy atom. The maximum Gasteiger partial charge on any atom is 0.307 e. The second kappa shape index (κ2) is 10.2. The number of nitrogens with one attached hydrogen (secondary N) is 1. The van der Waals surface area contributed by atoms with Crippen LogP contribution in [-0.2, 0) is 20.7 Å². The SMILES string of the molecule is CCOC(=O)CC1NCCN(CCCc2ccccc2)C1=O.Cl. The van der Waals surface area contributed by atoms with E-state index in [0.717, 1.165) is 25.9 Å². The van der Waals surface area contributed by atoms with Crippen LogP contribution in [0.2, 0.25) is 0 Å². The number of piperazine rings is 1. The Hall–Kier alpha value is -1.59.